The number of alkyl carbamates (subject to hydrolysis) is 1. The zero-order valence-electron chi connectivity index (χ0n) is 9.68. The van der Waals surface area contributed by atoms with Crippen LogP contribution in [-0.4, -0.2) is 17.9 Å². The number of benzene rings is 1. The van der Waals surface area contributed by atoms with Gasteiger partial charge in [0, 0.05) is 12.0 Å². The molecule has 4 heteroatoms. The number of rotatable bonds is 4. The number of amides is 1. The van der Waals surface area contributed by atoms with Crippen molar-refractivity contribution in [3.8, 4) is 0 Å². The Labute approximate surface area is 100.0 Å². The van der Waals surface area contributed by atoms with E-state index in [9.17, 15) is 9.59 Å². The van der Waals surface area contributed by atoms with E-state index in [1.165, 1.54) is 0 Å². The minimum Gasteiger partial charge on any atom is -0.445 e. The SMILES string of the molecule is CC(=O)C1CC1NC(=O)OCc1ccccc1. The molecular formula is C13H15NO3. The predicted molar refractivity (Wildman–Crippen MR) is 62.3 cm³/mol. The van der Waals surface area contributed by atoms with Gasteiger partial charge in [-0.2, -0.15) is 0 Å². The minimum atomic E-state index is -0.456. The van der Waals surface area contributed by atoms with Crippen LogP contribution in [0.1, 0.15) is 18.9 Å². The van der Waals surface area contributed by atoms with Crippen molar-refractivity contribution in [2.45, 2.75) is 26.0 Å². The van der Waals surface area contributed by atoms with E-state index < -0.39 is 6.09 Å². The minimum absolute atomic E-state index is 0.0146. The summed E-state index contributed by atoms with van der Waals surface area (Å²) in [7, 11) is 0. The van der Waals surface area contributed by atoms with Gasteiger partial charge in [-0.3, -0.25) is 4.79 Å². The molecule has 1 aliphatic carbocycles. The summed E-state index contributed by atoms with van der Waals surface area (Å²) in [5, 5.41) is 2.67. The van der Waals surface area contributed by atoms with Crippen LogP contribution in [0.15, 0.2) is 30.3 Å². The molecule has 1 amide bonds. The molecular weight excluding hydrogens is 218 g/mol. The average Bonchev–Trinajstić information content (AvgIpc) is 3.07. The molecule has 0 aliphatic heterocycles. The zero-order chi connectivity index (χ0) is 12.3. The molecule has 2 unspecified atom stereocenters. The van der Waals surface area contributed by atoms with Gasteiger partial charge in [0.2, 0.25) is 0 Å². The summed E-state index contributed by atoms with van der Waals surface area (Å²) in [6.07, 6.45) is 0.276. The third-order valence-electron chi connectivity index (χ3n) is 2.83. The summed E-state index contributed by atoms with van der Waals surface area (Å²) in [5.41, 5.74) is 0.946. The summed E-state index contributed by atoms with van der Waals surface area (Å²) < 4.78 is 5.05. The molecule has 17 heavy (non-hydrogen) atoms. The van der Waals surface area contributed by atoms with E-state index in [1.54, 1.807) is 6.92 Å². The van der Waals surface area contributed by atoms with Crippen molar-refractivity contribution < 1.29 is 14.3 Å². The number of carbonyl (C=O) groups is 2. The van der Waals surface area contributed by atoms with Crippen LogP contribution in [0.5, 0.6) is 0 Å². The molecule has 1 fully saturated rings. The molecule has 1 N–H and O–H groups in total. The van der Waals surface area contributed by atoms with E-state index in [4.69, 9.17) is 4.74 Å². The maximum absolute atomic E-state index is 11.4. The summed E-state index contributed by atoms with van der Waals surface area (Å²) in [6, 6.07) is 9.44. The molecule has 90 valence electrons. The number of hydrogen-bond acceptors (Lipinski definition) is 3. The topological polar surface area (TPSA) is 55.4 Å². The Bertz CT molecular complexity index is 416. The highest BCUT2D eigenvalue weighted by molar-refractivity contribution is 5.83. The van der Waals surface area contributed by atoms with E-state index >= 15 is 0 Å². The van der Waals surface area contributed by atoms with Gasteiger partial charge in [-0.25, -0.2) is 4.79 Å². The molecule has 1 saturated carbocycles. The Morgan fingerprint density at radius 1 is 1.35 bits per heavy atom. The van der Waals surface area contributed by atoms with Gasteiger partial charge in [0.15, 0.2) is 0 Å². The van der Waals surface area contributed by atoms with Crippen LogP contribution < -0.4 is 5.32 Å². The number of carbonyl (C=O) groups excluding carboxylic acids is 2. The highest BCUT2D eigenvalue weighted by atomic mass is 16.5. The number of hydrogen-bond donors (Lipinski definition) is 1. The van der Waals surface area contributed by atoms with E-state index in [0.717, 1.165) is 12.0 Å². The fraction of sp³-hybridized carbons (Fsp3) is 0.385. The van der Waals surface area contributed by atoms with Gasteiger partial charge < -0.3 is 10.1 Å². The molecule has 0 aromatic heterocycles. The highest BCUT2D eigenvalue weighted by Crippen LogP contribution is 2.30. The fourth-order valence-corrected chi connectivity index (χ4v) is 1.72. The Balaban J connectivity index is 1.71. The highest BCUT2D eigenvalue weighted by Gasteiger charge is 2.42. The number of Topliss-reactive ketones (excluding diaryl/α,β-unsaturated/α-hetero) is 1. The van der Waals surface area contributed by atoms with Crippen LogP contribution in [-0.2, 0) is 16.1 Å². The van der Waals surface area contributed by atoms with Crippen molar-refractivity contribution in [1.29, 1.82) is 0 Å². The average molecular weight is 233 g/mol. The molecule has 0 bridgehead atoms. The van der Waals surface area contributed by atoms with E-state index in [2.05, 4.69) is 5.32 Å². The fourth-order valence-electron chi connectivity index (χ4n) is 1.72. The second-order valence-electron chi connectivity index (χ2n) is 4.27. The molecule has 1 aromatic carbocycles. The summed E-state index contributed by atoms with van der Waals surface area (Å²) in [5.74, 6) is 0.109. The monoisotopic (exact) mass is 233 g/mol. The first-order valence-electron chi connectivity index (χ1n) is 5.64. The van der Waals surface area contributed by atoms with Crippen molar-refractivity contribution in [2.75, 3.05) is 0 Å². The smallest absolute Gasteiger partial charge is 0.407 e. The van der Waals surface area contributed by atoms with E-state index in [0.29, 0.717) is 0 Å². The van der Waals surface area contributed by atoms with Gasteiger partial charge in [0.25, 0.3) is 0 Å². The van der Waals surface area contributed by atoms with Crippen molar-refractivity contribution in [3.63, 3.8) is 0 Å². The Morgan fingerprint density at radius 2 is 2.06 bits per heavy atom. The van der Waals surface area contributed by atoms with Crippen LogP contribution >= 0.6 is 0 Å². The Hall–Kier alpha value is -1.84. The van der Waals surface area contributed by atoms with Gasteiger partial charge in [0.05, 0.1) is 0 Å². The van der Waals surface area contributed by atoms with Crippen LogP contribution in [0, 0.1) is 5.92 Å². The third-order valence-corrected chi connectivity index (χ3v) is 2.83. The molecule has 1 aliphatic rings. The lowest BCUT2D eigenvalue weighted by Gasteiger charge is -2.06. The molecule has 1 aromatic rings. The molecule has 2 atom stereocenters. The maximum Gasteiger partial charge on any atom is 0.407 e. The molecule has 0 spiro atoms. The van der Waals surface area contributed by atoms with Gasteiger partial charge in [0.1, 0.15) is 12.4 Å². The lowest BCUT2D eigenvalue weighted by molar-refractivity contribution is -0.118. The first-order valence-corrected chi connectivity index (χ1v) is 5.64. The molecule has 0 heterocycles. The number of ketones is 1. The van der Waals surface area contributed by atoms with Gasteiger partial charge in [-0.1, -0.05) is 30.3 Å². The third kappa shape index (κ3) is 3.31. The number of ether oxygens (including phenoxy) is 1. The Kier molecular flexibility index (Phi) is 3.42. The van der Waals surface area contributed by atoms with Crippen LogP contribution in [0.4, 0.5) is 4.79 Å². The van der Waals surface area contributed by atoms with E-state index in [-0.39, 0.29) is 24.3 Å². The Morgan fingerprint density at radius 3 is 2.65 bits per heavy atom. The quantitative estimate of drug-likeness (QED) is 0.864. The van der Waals surface area contributed by atoms with Crippen molar-refractivity contribution in [1.82, 2.24) is 5.32 Å². The lowest BCUT2D eigenvalue weighted by Crippen LogP contribution is -2.28. The van der Waals surface area contributed by atoms with Crippen LogP contribution in [0.25, 0.3) is 0 Å². The first-order chi connectivity index (χ1) is 8.16. The van der Waals surface area contributed by atoms with Crippen LogP contribution in [0.2, 0.25) is 0 Å². The van der Waals surface area contributed by atoms with Crippen LogP contribution in [0.3, 0.4) is 0 Å². The number of nitrogens with one attached hydrogen (secondary N) is 1. The second-order valence-corrected chi connectivity index (χ2v) is 4.27. The summed E-state index contributed by atoms with van der Waals surface area (Å²) >= 11 is 0. The maximum atomic E-state index is 11.4. The van der Waals surface area contributed by atoms with Gasteiger partial charge >= 0.3 is 6.09 Å². The normalized spacial score (nSPS) is 21.7. The van der Waals surface area contributed by atoms with Gasteiger partial charge in [-0.15, -0.1) is 0 Å². The first kappa shape index (κ1) is 11.6. The van der Waals surface area contributed by atoms with E-state index in [1.807, 2.05) is 30.3 Å². The second kappa shape index (κ2) is 4.99. The molecule has 4 nitrogen and oxygen atoms in total. The summed E-state index contributed by atoms with van der Waals surface area (Å²) in [6.45, 7) is 1.80. The zero-order valence-corrected chi connectivity index (χ0v) is 9.68. The van der Waals surface area contributed by atoms with Crippen molar-refractivity contribution in [2.24, 2.45) is 5.92 Å². The lowest BCUT2D eigenvalue weighted by atomic mass is 10.2. The molecule has 0 radical (unpaired) electrons. The predicted octanol–water partition coefficient (Wildman–Crippen LogP) is 1.89. The van der Waals surface area contributed by atoms with Crippen molar-refractivity contribution >= 4 is 11.9 Å². The standard InChI is InChI=1S/C13H15NO3/c1-9(15)11-7-12(11)14-13(16)17-8-10-5-3-2-4-6-10/h2-6,11-12H,7-8H2,1H3,(H,14,16). The summed E-state index contributed by atoms with van der Waals surface area (Å²) in [4.78, 5) is 22.4. The largest absolute Gasteiger partial charge is 0.445 e. The van der Waals surface area contributed by atoms with Gasteiger partial charge in [-0.05, 0) is 18.9 Å². The molecule has 2 rings (SSSR count). The molecule has 0 saturated heterocycles. The van der Waals surface area contributed by atoms with Crippen molar-refractivity contribution in [3.05, 3.63) is 35.9 Å².